The van der Waals surface area contributed by atoms with Gasteiger partial charge in [-0.2, -0.15) is 0 Å². The monoisotopic (exact) mass is 263 g/mol. The first kappa shape index (κ1) is 14.0. The second-order valence-corrected chi connectivity index (χ2v) is 5.03. The number of carbonyl (C=O) groups excluding carboxylic acids is 1. The molecule has 0 aromatic heterocycles. The lowest BCUT2D eigenvalue weighted by Crippen LogP contribution is -2.31. The van der Waals surface area contributed by atoms with Gasteiger partial charge in [0.05, 0.1) is 0 Å². The van der Waals surface area contributed by atoms with Crippen molar-refractivity contribution < 1.29 is 9.90 Å². The molecule has 2 rings (SSSR count). The van der Waals surface area contributed by atoms with E-state index in [9.17, 15) is 4.79 Å². The van der Waals surface area contributed by atoms with Gasteiger partial charge in [-0.15, -0.1) is 0 Å². The van der Waals surface area contributed by atoms with Crippen molar-refractivity contribution in [3.05, 3.63) is 35.4 Å². The number of nitrogens with zero attached hydrogens (tertiary/aromatic N) is 1. The number of benzene rings is 1. The molecule has 5 heteroatoms. The van der Waals surface area contributed by atoms with Crippen LogP contribution in [0.15, 0.2) is 24.3 Å². The van der Waals surface area contributed by atoms with Crippen LogP contribution in [-0.4, -0.2) is 35.6 Å². The number of nitrogens with two attached hydrogens (primary N) is 1. The van der Waals surface area contributed by atoms with Crippen LogP contribution in [0.4, 0.5) is 0 Å². The fourth-order valence-electron chi connectivity index (χ4n) is 2.67. The van der Waals surface area contributed by atoms with E-state index in [1.807, 2.05) is 18.2 Å². The summed E-state index contributed by atoms with van der Waals surface area (Å²) in [7, 11) is 0. The number of hydrogen-bond acceptors (Lipinski definition) is 4. The average Bonchev–Trinajstić information content (AvgIpc) is 2.86. The van der Waals surface area contributed by atoms with Gasteiger partial charge in [0.1, 0.15) is 0 Å². The molecule has 1 aliphatic rings. The summed E-state index contributed by atoms with van der Waals surface area (Å²) in [4.78, 5) is 14.0. The molecule has 1 aromatic carbocycles. The summed E-state index contributed by atoms with van der Waals surface area (Å²) in [6.07, 6.45) is 1.98. The number of carbonyl (C=O) groups is 1. The molecular weight excluding hydrogens is 242 g/mol. The van der Waals surface area contributed by atoms with Crippen molar-refractivity contribution in [3.63, 3.8) is 0 Å². The Morgan fingerprint density at radius 2 is 2.26 bits per heavy atom. The van der Waals surface area contributed by atoms with Crippen LogP contribution >= 0.6 is 0 Å². The van der Waals surface area contributed by atoms with E-state index >= 15 is 0 Å². The summed E-state index contributed by atoms with van der Waals surface area (Å²) in [6, 6.07) is 7.53. The smallest absolute Gasteiger partial charge is 0.265 e. The second-order valence-electron chi connectivity index (χ2n) is 5.03. The molecule has 4 N–H and O–H groups in total. The third-order valence-electron chi connectivity index (χ3n) is 3.69. The maximum atomic E-state index is 11.7. The van der Waals surface area contributed by atoms with Gasteiger partial charge >= 0.3 is 0 Å². The third kappa shape index (κ3) is 3.53. The maximum absolute atomic E-state index is 11.7. The highest BCUT2D eigenvalue weighted by Gasteiger charge is 2.23. The Bertz CT molecular complexity index is 436. The maximum Gasteiger partial charge on any atom is 0.265 e. The Hall–Kier alpha value is -1.43. The molecule has 0 aliphatic carbocycles. The molecule has 19 heavy (non-hydrogen) atoms. The van der Waals surface area contributed by atoms with E-state index in [1.165, 1.54) is 0 Å². The van der Waals surface area contributed by atoms with Crippen molar-refractivity contribution in [2.75, 3.05) is 19.7 Å². The fourth-order valence-corrected chi connectivity index (χ4v) is 2.67. The molecule has 1 aliphatic heterocycles. The fraction of sp³-hybridized carbons (Fsp3) is 0.500. The van der Waals surface area contributed by atoms with E-state index in [0.29, 0.717) is 11.5 Å². The van der Waals surface area contributed by atoms with E-state index in [2.05, 4.69) is 10.3 Å². The van der Waals surface area contributed by atoms with Crippen LogP contribution < -0.4 is 11.3 Å². The zero-order chi connectivity index (χ0) is 13.7. The first-order valence-electron chi connectivity index (χ1n) is 6.66. The van der Waals surface area contributed by atoms with Gasteiger partial charge in [0, 0.05) is 25.3 Å². The normalized spacial score (nSPS) is 19.6. The summed E-state index contributed by atoms with van der Waals surface area (Å²) in [5, 5.41) is 8.97. The molecular formula is C14H21N3O2. The Morgan fingerprint density at radius 1 is 1.47 bits per heavy atom. The molecule has 1 saturated heterocycles. The van der Waals surface area contributed by atoms with Crippen LogP contribution in [0.3, 0.4) is 0 Å². The summed E-state index contributed by atoms with van der Waals surface area (Å²) in [6.45, 7) is 3.01. The Kier molecular flexibility index (Phi) is 4.90. The predicted octanol–water partition coefficient (Wildman–Crippen LogP) is 0.494. The van der Waals surface area contributed by atoms with Gasteiger partial charge in [-0.1, -0.05) is 18.2 Å². The van der Waals surface area contributed by atoms with Crippen molar-refractivity contribution in [2.24, 2.45) is 11.8 Å². The van der Waals surface area contributed by atoms with Crippen LogP contribution in [0.2, 0.25) is 0 Å². The quantitative estimate of drug-likeness (QED) is 0.410. The minimum absolute atomic E-state index is 0.248. The molecule has 1 atom stereocenters. The Balaban J connectivity index is 2.02. The summed E-state index contributed by atoms with van der Waals surface area (Å²) in [5.74, 6) is 5.52. The third-order valence-corrected chi connectivity index (χ3v) is 3.69. The highest BCUT2D eigenvalue weighted by Crippen LogP contribution is 2.22. The molecule has 1 unspecified atom stereocenters. The predicted molar refractivity (Wildman–Crippen MR) is 73.2 cm³/mol. The van der Waals surface area contributed by atoms with E-state index in [1.54, 1.807) is 6.07 Å². The molecule has 1 heterocycles. The minimum Gasteiger partial charge on any atom is -0.396 e. The lowest BCUT2D eigenvalue weighted by Gasteiger charge is -2.17. The van der Waals surface area contributed by atoms with E-state index < -0.39 is 0 Å². The Labute approximate surface area is 113 Å². The molecule has 104 valence electrons. The minimum atomic E-state index is -0.248. The van der Waals surface area contributed by atoms with Crippen LogP contribution in [0.5, 0.6) is 0 Å². The molecule has 0 saturated carbocycles. The topological polar surface area (TPSA) is 78.6 Å². The number of nitrogens with one attached hydrogen (secondary N) is 1. The van der Waals surface area contributed by atoms with E-state index in [4.69, 9.17) is 10.9 Å². The zero-order valence-corrected chi connectivity index (χ0v) is 11.0. The number of nitrogen functional groups attached to an aromatic ring is 1. The van der Waals surface area contributed by atoms with Gasteiger partial charge in [-0.05, 0) is 36.9 Å². The van der Waals surface area contributed by atoms with Crippen molar-refractivity contribution in [1.82, 2.24) is 10.3 Å². The van der Waals surface area contributed by atoms with Gasteiger partial charge in [0.2, 0.25) is 0 Å². The SMILES string of the molecule is NNC(=O)c1ccccc1CN1CCC(CCO)C1. The van der Waals surface area contributed by atoms with Gasteiger partial charge in [-0.25, -0.2) is 5.84 Å². The molecule has 1 amide bonds. The van der Waals surface area contributed by atoms with Crippen molar-refractivity contribution in [1.29, 1.82) is 0 Å². The number of rotatable bonds is 5. The van der Waals surface area contributed by atoms with E-state index in [0.717, 1.165) is 38.0 Å². The van der Waals surface area contributed by atoms with Crippen LogP contribution in [-0.2, 0) is 6.54 Å². The highest BCUT2D eigenvalue weighted by molar-refractivity contribution is 5.95. The lowest BCUT2D eigenvalue weighted by atomic mass is 10.1. The molecule has 1 fully saturated rings. The number of likely N-dealkylation sites (tertiary alicyclic amines) is 1. The first-order valence-corrected chi connectivity index (χ1v) is 6.66. The average molecular weight is 263 g/mol. The Morgan fingerprint density at radius 3 is 3.00 bits per heavy atom. The summed E-state index contributed by atoms with van der Waals surface area (Å²) < 4.78 is 0. The van der Waals surface area contributed by atoms with Gasteiger partial charge < -0.3 is 5.11 Å². The number of hydrazine groups is 1. The lowest BCUT2D eigenvalue weighted by molar-refractivity contribution is 0.0952. The highest BCUT2D eigenvalue weighted by atomic mass is 16.3. The van der Waals surface area contributed by atoms with Gasteiger partial charge in [-0.3, -0.25) is 15.1 Å². The van der Waals surface area contributed by atoms with Crippen LogP contribution in [0, 0.1) is 5.92 Å². The number of amides is 1. The zero-order valence-electron chi connectivity index (χ0n) is 11.0. The standard InChI is InChI=1S/C14H21N3O2/c15-16-14(19)13-4-2-1-3-12(13)10-17-7-5-11(9-17)6-8-18/h1-4,11,18H,5-10,15H2,(H,16,19). The number of hydrogen-bond donors (Lipinski definition) is 3. The second kappa shape index (κ2) is 6.65. The summed E-state index contributed by atoms with van der Waals surface area (Å²) in [5.41, 5.74) is 3.82. The molecule has 5 nitrogen and oxygen atoms in total. The number of aliphatic hydroxyl groups is 1. The van der Waals surface area contributed by atoms with E-state index in [-0.39, 0.29) is 12.5 Å². The van der Waals surface area contributed by atoms with Crippen molar-refractivity contribution >= 4 is 5.91 Å². The summed E-state index contributed by atoms with van der Waals surface area (Å²) >= 11 is 0. The molecule has 0 radical (unpaired) electrons. The van der Waals surface area contributed by atoms with Gasteiger partial charge in [0.15, 0.2) is 0 Å². The molecule has 1 aromatic rings. The van der Waals surface area contributed by atoms with Gasteiger partial charge in [0.25, 0.3) is 5.91 Å². The van der Waals surface area contributed by atoms with Crippen LogP contribution in [0.1, 0.15) is 28.8 Å². The van der Waals surface area contributed by atoms with Crippen molar-refractivity contribution in [3.8, 4) is 0 Å². The van der Waals surface area contributed by atoms with Crippen LogP contribution in [0.25, 0.3) is 0 Å². The number of aliphatic hydroxyl groups excluding tert-OH is 1. The largest absolute Gasteiger partial charge is 0.396 e. The molecule has 0 bridgehead atoms. The van der Waals surface area contributed by atoms with Crippen molar-refractivity contribution in [2.45, 2.75) is 19.4 Å². The molecule has 0 spiro atoms. The first-order chi connectivity index (χ1) is 9.24.